The first-order valence-electron chi connectivity index (χ1n) is 7.20. The summed E-state index contributed by atoms with van der Waals surface area (Å²) in [6, 6.07) is 12.0. The van der Waals surface area contributed by atoms with Crippen molar-refractivity contribution in [3.05, 3.63) is 60.0 Å². The summed E-state index contributed by atoms with van der Waals surface area (Å²) in [5.74, 6) is 1.79. The number of anilines is 1. The fraction of sp³-hybridized carbons (Fsp3) is 0.176. The monoisotopic (exact) mass is 276 g/mol. The Labute approximate surface area is 123 Å². The molecule has 1 aromatic carbocycles. The zero-order valence-electron chi connectivity index (χ0n) is 11.7. The average molecular weight is 276 g/mol. The van der Waals surface area contributed by atoms with E-state index in [1.165, 1.54) is 17.7 Å². The van der Waals surface area contributed by atoms with Crippen molar-refractivity contribution in [1.82, 2.24) is 14.5 Å². The van der Waals surface area contributed by atoms with Crippen molar-refractivity contribution in [2.24, 2.45) is 0 Å². The van der Waals surface area contributed by atoms with Gasteiger partial charge in [0.25, 0.3) is 0 Å². The molecule has 0 saturated heterocycles. The van der Waals surface area contributed by atoms with Gasteiger partial charge in [0.05, 0.1) is 0 Å². The molecule has 2 heterocycles. The van der Waals surface area contributed by atoms with Gasteiger partial charge in [0.2, 0.25) is 0 Å². The molecule has 0 spiro atoms. The van der Waals surface area contributed by atoms with Gasteiger partial charge in [-0.25, -0.2) is 9.97 Å². The summed E-state index contributed by atoms with van der Waals surface area (Å²) in [7, 11) is 0. The van der Waals surface area contributed by atoms with Crippen molar-refractivity contribution in [3.63, 3.8) is 0 Å². The van der Waals surface area contributed by atoms with Crippen molar-refractivity contribution in [1.29, 1.82) is 0 Å². The van der Waals surface area contributed by atoms with Gasteiger partial charge in [-0.05, 0) is 43.0 Å². The van der Waals surface area contributed by atoms with Crippen LogP contribution in [0.2, 0.25) is 0 Å². The number of benzene rings is 1. The van der Waals surface area contributed by atoms with Gasteiger partial charge in [0, 0.05) is 29.3 Å². The van der Waals surface area contributed by atoms with Gasteiger partial charge in [-0.1, -0.05) is 18.2 Å². The number of hydrogen-bond acceptors (Lipinski definition) is 3. The van der Waals surface area contributed by atoms with Crippen LogP contribution in [0.5, 0.6) is 0 Å². The lowest BCUT2D eigenvalue weighted by atomic mass is 10.2. The number of imidazole rings is 1. The lowest BCUT2D eigenvalue weighted by Crippen LogP contribution is -2.02. The predicted octanol–water partition coefficient (Wildman–Crippen LogP) is 3.01. The highest BCUT2D eigenvalue weighted by Crippen LogP contribution is 2.25. The Bertz CT molecular complexity index is 804. The molecule has 0 atom stereocenters. The van der Waals surface area contributed by atoms with E-state index < -0.39 is 0 Å². The zero-order chi connectivity index (χ0) is 14.2. The van der Waals surface area contributed by atoms with Gasteiger partial charge in [0.1, 0.15) is 11.6 Å². The van der Waals surface area contributed by atoms with Crippen molar-refractivity contribution in [2.45, 2.75) is 19.3 Å². The van der Waals surface area contributed by atoms with Crippen LogP contribution in [0, 0.1) is 0 Å². The summed E-state index contributed by atoms with van der Waals surface area (Å²) >= 11 is 0. The van der Waals surface area contributed by atoms with Crippen LogP contribution in [0.1, 0.15) is 17.7 Å². The van der Waals surface area contributed by atoms with Crippen molar-refractivity contribution >= 4 is 5.69 Å². The molecule has 0 saturated carbocycles. The second-order valence-electron chi connectivity index (χ2n) is 5.38. The normalized spacial score (nSPS) is 13.3. The Morgan fingerprint density at radius 1 is 1.10 bits per heavy atom. The minimum atomic E-state index is 0.740. The summed E-state index contributed by atoms with van der Waals surface area (Å²) in [6.07, 6.45) is 7.17. The Morgan fingerprint density at radius 3 is 2.95 bits per heavy atom. The van der Waals surface area contributed by atoms with Gasteiger partial charge >= 0.3 is 0 Å². The quantitative estimate of drug-likeness (QED) is 0.732. The molecule has 0 amide bonds. The van der Waals surface area contributed by atoms with Gasteiger partial charge < -0.3 is 5.73 Å². The van der Waals surface area contributed by atoms with E-state index in [0.717, 1.165) is 35.7 Å². The Balaban J connectivity index is 1.82. The van der Waals surface area contributed by atoms with E-state index in [1.54, 1.807) is 6.20 Å². The fourth-order valence-corrected chi connectivity index (χ4v) is 2.92. The van der Waals surface area contributed by atoms with Crippen LogP contribution >= 0.6 is 0 Å². The lowest BCUT2D eigenvalue weighted by molar-refractivity contribution is 0.892. The van der Waals surface area contributed by atoms with Crippen LogP contribution in [-0.2, 0) is 12.8 Å². The highest BCUT2D eigenvalue weighted by atomic mass is 15.1. The summed E-state index contributed by atoms with van der Waals surface area (Å²) in [6.45, 7) is 0. The van der Waals surface area contributed by atoms with E-state index in [9.17, 15) is 0 Å². The molecule has 4 rings (SSSR count). The Kier molecular flexibility index (Phi) is 2.74. The smallest absolute Gasteiger partial charge is 0.145 e. The second kappa shape index (κ2) is 4.74. The zero-order valence-corrected chi connectivity index (χ0v) is 11.7. The van der Waals surface area contributed by atoms with Gasteiger partial charge in [0.15, 0.2) is 0 Å². The number of aryl methyl sites for hydroxylation is 2. The molecule has 4 nitrogen and oxygen atoms in total. The Morgan fingerprint density at radius 2 is 2.05 bits per heavy atom. The maximum atomic E-state index is 5.87. The molecule has 0 radical (unpaired) electrons. The molecule has 3 aromatic rings. The predicted molar refractivity (Wildman–Crippen MR) is 83.2 cm³/mol. The van der Waals surface area contributed by atoms with E-state index in [2.05, 4.69) is 17.1 Å². The molecule has 0 unspecified atom stereocenters. The summed E-state index contributed by atoms with van der Waals surface area (Å²) in [5, 5.41) is 0. The van der Waals surface area contributed by atoms with Crippen molar-refractivity contribution < 1.29 is 0 Å². The lowest BCUT2D eigenvalue weighted by Gasteiger charge is -2.09. The summed E-state index contributed by atoms with van der Waals surface area (Å²) < 4.78 is 2.02. The topological polar surface area (TPSA) is 56.7 Å². The van der Waals surface area contributed by atoms with Crippen LogP contribution in [0.3, 0.4) is 0 Å². The van der Waals surface area contributed by atoms with E-state index in [4.69, 9.17) is 10.7 Å². The number of nitrogens with two attached hydrogens (primary N) is 1. The maximum absolute atomic E-state index is 5.87. The second-order valence-corrected chi connectivity index (χ2v) is 5.38. The van der Waals surface area contributed by atoms with E-state index in [-0.39, 0.29) is 0 Å². The molecule has 21 heavy (non-hydrogen) atoms. The molecule has 0 aliphatic heterocycles. The van der Waals surface area contributed by atoms with Crippen LogP contribution in [0.25, 0.3) is 17.2 Å². The highest BCUT2D eigenvalue weighted by Gasteiger charge is 2.15. The first-order valence-corrected chi connectivity index (χ1v) is 7.20. The first-order chi connectivity index (χ1) is 10.3. The first kappa shape index (κ1) is 12.1. The molecule has 2 N–H and O–H groups in total. The third-order valence-electron chi connectivity index (χ3n) is 3.95. The molecule has 0 fully saturated rings. The molecule has 2 aromatic heterocycles. The van der Waals surface area contributed by atoms with Crippen LogP contribution < -0.4 is 5.73 Å². The SMILES string of the molecule is Nc1cccc(-c2nccn2-c2ccc3c(n2)CCC3)c1. The van der Waals surface area contributed by atoms with Crippen LogP contribution in [0.15, 0.2) is 48.8 Å². The molecule has 104 valence electrons. The summed E-state index contributed by atoms with van der Waals surface area (Å²) in [5.41, 5.74) is 10.2. The van der Waals surface area contributed by atoms with Gasteiger partial charge in [-0.15, -0.1) is 0 Å². The van der Waals surface area contributed by atoms with Crippen molar-refractivity contribution in [3.8, 4) is 17.2 Å². The molecular weight excluding hydrogens is 260 g/mol. The molecule has 1 aliphatic carbocycles. The number of hydrogen-bond donors (Lipinski definition) is 1. The van der Waals surface area contributed by atoms with E-state index in [0.29, 0.717) is 0 Å². The van der Waals surface area contributed by atoms with Crippen molar-refractivity contribution in [2.75, 3.05) is 5.73 Å². The average Bonchev–Trinajstić information content (AvgIpc) is 3.15. The number of nitrogen functional groups attached to an aromatic ring is 1. The van der Waals surface area contributed by atoms with E-state index >= 15 is 0 Å². The summed E-state index contributed by atoms with van der Waals surface area (Å²) in [4.78, 5) is 9.26. The van der Waals surface area contributed by atoms with E-state index in [1.807, 2.05) is 35.0 Å². The minimum absolute atomic E-state index is 0.740. The molecule has 1 aliphatic rings. The van der Waals surface area contributed by atoms with Gasteiger partial charge in [-0.2, -0.15) is 0 Å². The number of aromatic nitrogens is 3. The molecular formula is C17H16N4. The molecule has 0 bridgehead atoms. The number of pyridine rings is 1. The minimum Gasteiger partial charge on any atom is -0.399 e. The largest absolute Gasteiger partial charge is 0.399 e. The number of rotatable bonds is 2. The Hall–Kier alpha value is -2.62. The third-order valence-corrected chi connectivity index (χ3v) is 3.95. The van der Waals surface area contributed by atoms with Crippen LogP contribution in [-0.4, -0.2) is 14.5 Å². The number of fused-ring (bicyclic) bond motifs is 1. The standard InChI is InChI=1S/C17H16N4/c18-14-5-1-4-13(11-14)17-19-9-10-21(17)16-8-7-12-3-2-6-15(12)20-16/h1,4-5,7-11H,2-3,6,18H2. The highest BCUT2D eigenvalue weighted by molar-refractivity contribution is 5.63. The fourth-order valence-electron chi connectivity index (χ4n) is 2.92. The molecule has 4 heteroatoms. The van der Waals surface area contributed by atoms with Gasteiger partial charge in [-0.3, -0.25) is 4.57 Å². The number of nitrogens with zero attached hydrogens (tertiary/aromatic N) is 3. The van der Waals surface area contributed by atoms with Crippen LogP contribution in [0.4, 0.5) is 5.69 Å². The third kappa shape index (κ3) is 2.09. The maximum Gasteiger partial charge on any atom is 0.145 e.